The molecule has 2 aromatic rings. The van der Waals surface area contributed by atoms with Crippen LogP contribution in [0.3, 0.4) is 0 Å². The number of amides is 1. The normalized spacial score (nSPS) is 10.6. The van der Waals surface area contributed by atoms with E-state index in [-0.39, 0.29) is 12.5 Å². The fraction of sp³-hybridized carbons (Fsp3) is 0.125. The minimum absolute atomic E-state index is 0.288. The van der Waals surface area contributed by atoms with Crippen LogP contribution in [-0.4, -0.2) is 18.5 Å². The van der Waals surface area contributed by atoms with E-state index in [4.69, 9.17) is 4.74 Å². The van der Waals surface area contributed by atoms with E-state index in [2.05, 4.69) is 21.2 Å². The number of carbonyl (C=O) groups excluding carboxylic acids is 2. The second-order valence-electron chi connectivity index (χ2n) is 4.35. The van der Waals surface area contributed by atoms with Crippen LogP contribution in [0.2, 0.25) is 0 Å². The van der Waals surface area contributed by atoms with E-state index in [1.807, 2.05) is 42.5 Å². The Morgan fingerprint density at radius 2 is 1.95 bits per heavy atom. The van der Waals surface area contributed by atoms with Gasteiger partial charge in [0.25, 0.3) is 5.91 Å². The molecule has 0 fully saturated rings. The van der Waals surface area contributed by atoms with Crippen LogP contribution < -0.4 is 5.32 Å². The molecule has 4 nitrogen and oxygen atoms in total. The van der Waals surface area contributed by atoms with Crippen molar-refractivity contribution >= 4 is 45.2 Å². The Morgan fingerprint density at radius 1 is 1.18 bits per heavy atom. The van der Waals surface area contributed by atoms with Crippen molar-refractivity contribution < 1.29 is 14.3 Å². The molecule has 0 spiro atoms. The van der Waals surface area contributed by atoms with Crippen molar-refractivity contribution in [2.45, 2.75) is 6.54 Å². The Morgan fingerprint density at radius 3 is 2.64 bits per heavy atom. The number of thiophene rings is 1. The van der Waals surface area contributed by atoms with E-state index >= 15 is 0 Å². The first-order chi connectivity index (χ1) is 10.6. The van der Waals surface area contributed by atoms with Crippen molar-refractivity contribution in [1.29, 1.82) is 0 Å². The van der Waals surface area contributed by atoms with Gasteiger partial charge in [0.2, 0.25) is 0 Å². The number of carbonyl (C=O) groups is 2. The highest BCUT2D eigenvalue weighted by Gasteiger charge is 2.05. The lowest BCUT2D eigenvalue weighted by molar-refractivity contribution is -0.143. The number of hydrogen-bond donors (Lipinski definition) is 1. The number of ether oxygens (including phenoxy) is 1. The van der Waals surface area contributed by atoms with Gasteiger partial charge >= 0.3 is 5.97 Å². The third-order valence-electron chi connectivity index (χ3n) is 2.66. The molecule has 0 aliphatic carbocycles. The van der Waals surface area contributed by atoms with Crippen molar-refractivity contribution in [2.75, 3.05) is 6.61 Å². The molecule has 0 bridgehead atoms. The summed E-state index contributed by atoms with van der Waals surface area (Å²) in [4.78, 5) is 24.0. The van der Waals surface area contributed by atoms with Gasteiger partial charge in [0, 0.05) is 17.5 Å². The number of benzene rings is 1. The summed E-state index contributed by atoms with van der Waals surface area (Å²) in [5.41, 5.74) is 0.991. The summed E-state index contributed by atoms with van der Waals surface area (Å²) in [5.74, 6) is -0.871. The van der Waals surface area contributed by atoms with Gasteiger partial charge in [0.05, 0.1) is 3.79 Å². The largest absolute Gasteiger partial charge is 0.452 e. The van der Waals surface area contributed by atoms with Crippen molar-refractivity contribution in [3.05, 3.63) is 62.8 Å². The maximum atomic E-state index is 11.6. The van der Waals surface area contributed by atoms with Crippen LogP contribution in [0.4, 0.5) is 0 Å². The first kappa shape index (κ1) is 16.5. The molecule has 1 heterocycles. The van der Waals surface area contributed by atoms with Gasteiger partial charge in [0.15, 0.2) is 6.61 Å². The molecule has 0 saturated heterocycles. The summed E-state index contributed by atoms with van der Waals surface area (Å²) in [6.07, 6.45) is 2.96. The molecular weight excluding hydrogens is 366 g/mol. The highest BCUT2D eigenvalue weighted by molar-refractivity contribution is 9.11. The summed E-state index contributed by atoms with van der Waals surface area (Å²) in [7, 11) is 0. The molecule has 1 aromatic carbocycles. The molecule has 0 aliphatic rings. The van der Waals surface area contributed by atoms with Gasteiger partial charge in [-0.05, 0) is 39.7 Å². The fourth-order valence-electron chi connectivity index (χ4n) is 1.60. The standard InChI is InChI=1S/C16H14BrNO3S/c17-14-8-6-13(22-14)7-9-16(20)21-11-15(19)18-10-12-4-2-1-3-5-12/h1-9H,10-11H2,(H,18,19)/b9-7+. The van der Waals surface area contributed by atoms with E-state index in [1.54, 1.807) is 6.08 Å². The molecule has 1 N–H and O–H groups in total. The van der Waals surface area contributed by atoms with E-state index in [9.17, 15) is 9.59 Å². The van der Waals surface area contributed by atoms with Gasteiger partial charge in [-0.25, -0.2) is 4.79 Å². The lowest BCUT2D eigenvalue weighted by Gasteiger charge is -2.05. The summed E-state index contributed by atoms with van der Waals surface area (Å²) in [6.45, 7) is 0.125. The van der Waals surface area contributed by atoms with E-state index in [0.29, 0.717) is 6.54 Å². The van der Waals surface area contributed by atoms with Crippen LogP contribution >= 0.6 is 27.3 Å². The van der Waals surface area contributed by atoms with Crippen LogP contribution in [0.5, 0.6) is 0 Å². The SMILES string of the molecule is O=C(COC(=O)/C=C/c1ccc(Br)s1)NCc1ccccc1. The third-order valence-corrected chi connectivity index (χ3v) is 4.24. The highest BCUT2D eigenvalue weighted by atomic mass is 79.9. The van der Waals surface area contributed by atoms with E-state index < -0.39 is 5.97 Å². The molecule has 6 heteroatoms. The lowest BCUT2D eigenvalue weighted by atomic mass is 10.2. The molecule has 114 valence electrons. The zero-order valence-corrected chi connectivity index (χ0v) is 14.0. The van der Waals surface area contributed by atoms with Crippen LogP contribution in [0.1, 0.15) is 10.4 Å². The van der Waals surface area contributed by atoms with Crippen LogP contribution in [-0.2, 0) is 20.9 Å². The fourth-order valence-corrected chi connectivity index (χ4v) is 2.93. The van der Waals surface area contributed by atoms with Crippen LogP contribution in [0, 0.1) is 0 Å². The number of nitrogens with one attached hydrogen (secondary N) is 1. The monoisotopic (exact) mass is 379 g/mol. The summed E-state index contributed by atoms with van der Waals surface area (Å²) >= 11 is 4.84. The number of hydrogen-bond acceptors (Lipinski definition) is 4. The van der Waals surface area contributed by atoms with Gasteiger partial charge in [-0.15, -0.1) is 11.3 Å². The average molecular weight is 380 g/mol. The molecule has 0 unspecified atom stereocenters. The maximum absolute atomic E-state index is 11.6. The van der Waals surface area contributed by atoms with Crippen LogP contribution in [0.15, 0.2) is 52.3 Å². The lowest BCUT2D eigenvalue weighted by Crippen LogP contribution is -2.28. The Hall–Kier alpha value is -1.92. The molecule has 2 rings (SSSR count). The summed E-state index contributed by atoms with van der Waals surface area (Å²) in [6, 6.07) is 13.3. The Kier molecular flexibility index (Phi) is 6.36. The minimum Gasteiger partial charge on any atom is -0.452 e. The number of halogens is 1. The molecule has 0 atom stereocenters. The first-order valence-corrected chi connectivity index (χ1v) is 8.15. The smallest absolute Gasteiger partial charge is 0.331 e. The van der Waals surface area contributed by atoms with Crippen molar-refractivity contribution in [2.24, 2.45) is 0 Å². The topological polar surface area (TPSA) is 55.4 Å². The Labute approximate surface area is 140 Å². The van der Waals surface area contributed by atoms with Crippen molar-refractivity contribution in [3.63, 3.8) is 0 Å². The van der Waals surface area contributed by atoms with Gasteiger partial charge < -0.3 is 10.1 Å². The predicted octanol–water partition coefficient (Wildman–Crippen LogP) is 3.38. The molecule has 1 aromatic heterocycles. The predicted molar refractivity (Wildman–Crippen MR) is 90.3 cm³/mol. The molecule has 0 saturated carbocycles. The summed E-state index contributed by atoms with van der Waals surface area (Å²) in [5, 5.41) is 2.69. The molecule has 0 aliphatic heterocycles. The summed E-state index contributed by atoms with van der Waals surface area (Å²) < 4.78 is 5.86. The van der Waals surface area contributed by atoms with Gasteiger partial charge in [-0.1, -0.05) is 30.3 Å². The maximum Gasteiger partial charge on any atom is 0.331 e. The molecular formula is C16H14BrNO3S. The number of esters is 1. The Bertz CT molecular complexity index is 667. The second kappa shape index (κ2) is 8.51. The van der Waals surface area contributed by atoms with Gasteiger partial charge in [-0.2, -0.15) is 0 Å². The van der Waals surface area contributed by atoms with E-state index in [0.717, 1.165) is 14.2 Å². The van der Waals surface area contributed by atoms with Gasteiger partial charge in [-0.3, -0.25) is 4.79 Å². The zero-order valence-electron chi connectivity index (χ0n) is 11.6. The first-order valence-electron chi connectivity index (χ1n) is 6.54. The minimum atomic E-state index is -0.542. The second-order valence-corrected chi connectivity index (χ2v) is 6.84. The zero-order chi connectivity index (χ0) is 15.8. The van der Waals surface area contributed by atoms with Gasteiger partial charge in [0.1, 0.15) is 0 Å². The average Bonchev–Trinajstić information content (AvgIpc) is 2.95. The number of rotatable bonds is 6. The molecule has 0 radical (unpaired) electrons. The molecule has 1 amide bonds. The quantitative estimate of drug-likeness (QED) is 0.618. The third kappa shape index (κ3) is 5.83. The Balaban J connectivity index is 1.69. The molecule has 22 heavy (non-hydrogen) atoms. The highest BCUT2D eigenvalue weighted by Crippen LogP contribution is 2.22. The van der Waals surface area contributed by atoms with Crippen molar-refractivity contribution in [1.82, 2.24) is 5.32 Å². The van der Waals surface area contributed by atoms with Crippen LogP contribution in [0.25, 0.3) is 6.08 Å². The van der Waals surface area contributed by atoms with E-state index in [1.165, 1.54) is 17.4 Å². The van der Waals surface area contributed by atoms with Crippen molar-refractivity contribution in [3.8, 4) is 0 Å².